The molecule has 4 heteroatoms. The lowest BCUT2D eigenvalue weighted by molar-refractivity contribution is 0.244. The highest BCUT2D eigenvalue weighted by atomic mass is 79.9. The fraction of sp³-hybridized carbons (Fsp3) is 0.533. The van der Waals surface area contributed by atoms with Gasteiger partial charge in [0.05, 0.1) is 5.69 Å². The van der Waals surface area contributed by atoms with Crippen LogP contribution in [-0.2, 0) is 0 Å². The molecule has 1 aliphatic carbocycles. The summed E-state index contributed by atoms with van der Waals surface area (Å²) in [4.78, 5) is 12.0. The van der Waals surface area contributed by atoms with E-state index in [-0.39, 0.29) is 6.03 Å². The van der Waals surface area contributed by atoms with Crippen LogP contribution < -0.4 is 10.6 Å². The van der Waals surface area contributed by atoms with E-state index in [9.17, 15) is 4.79 Å². The van der Waals surface area contributed by atoms with Gasteiger partial charge in [0.2, 0.25) is 0 Å². The second-order valence-corrected chi connectivity index (χ2v) is 6.23. The fourth-order valence-electron chi connectivity index (χ4n) is 2.66. The molecule has 19 heavy (non-hydrogen) atoms. The molecule has 2 N–H and O–H groups in total. The van der Waals surface area contributed by atoms with Gasteiger partial charge in [-0.2, -0.15) is 0 Å². The van der Waals surface area contributed by atoms with Gasteiger partial charge in [-0.15, -0.1) is 0 Å². The molecule has 0 atom stereocenters. The molecule has 0 spiro atoms. The largest absolute Gasteiger partial charge is 0.335 e. The molecule has 0 unspecified atom stereocenters. The Hall–Kier alpha value is -1.03. The number of halogens is 1. The van der Waals surface area contributed by atoms with E-state index in [1.54, 1.807) is 0 Å². The normalized spacial score (nSPS) is 16.2. The minimum Gasteiger partial charge on any atom is -0.335 e. The summed E-state index contributed by atoms with van der Waals surface area (Å²) < 4.78 is 0.934. The minimum atomic E-state index is -0.0976. The van der Waals surface area contributed by atoms with Gasteiger partial charge in [0.25, 0.3) is 0 Å². The molecule has 0 heterocycles. The molecule has 3 nitrogen and oxygen atoms in total. The number of nitrogens with one attached hydrogen (secondary N) is 2. The van der Waals surface area contributed by atoms with Crippen molar-refractivity contribution in [2.24, 2.45) is 0 Å². The maximum absolute atomic E-state index is 12.0. The molecule has 0 bridgehead atoms. The Morgan fingerprint density at radius 3 is 2.53 bits per heavy atom. The number of carbonyl (C=O) groups is 1. The number of anilines is 1. The first-order valence-corrected chi connectivity index (χ1v) is 7.70. The molecule has 1 aliphatic rings. The van der Waals surface area contributed by atoms with Gasteiger partial charge >= 0.3 is 6.03 Å². The van der Waals surface area contributed by atoms with Crippen LogP contribution in [0.4, 0.5) is 10.5 Å². The smallest absolute Gasteiger partial charge is 0.319 e. The van der Waals surface area contributed by atoms with Crippen LogP contribution in [0.1, 0.15) is 43.2 Å². The highest BCUT2D eigenvalue weighted by molar-refractivity contribution is 9.10. The first-order chi connectivity index (χ1) is 9.06. The third-order valence-corrected chi connectivity index (χ3v) is 4.24. The number of aryl methyl sites for hydroxylation is 2. The van der Waals surface area contributed by atoms with Crippen molar-refractivity contribution in [2.75, 3.05) is 5.32 Å². The molecular weight excluding hydrogens is 304 g/mol. The molecule has 1 fully saturated rings. The molecule has 1 saturated carbocycles. The molecule has 0 saturated heterocycles. The van der Waals surface area contributed by atoms with E-state index in [4.69, 9.17) is 0 Å². The average Bonchev–Trinajstić information content (AvgIpc) is 2.35. The van der Waals surface area contributed by atoms with Crippen LogP contribution >= 0.6 is 15.9 Å². The van der Waals surface area contributed by atoms with Crippen molar-refractivity contribution in [3.8, 4) is 0 Å². The van der Waals surface area contributed by atoms with E-state index in [1.807, 2.05) is 19.9 Å². The molecular formula is C15H21BrN2O. The zero-order valence-corrected chi connectivity index (χ0v) is 13.1. The molecule has 1 aromatic rings. The lowest BCUT2D eigenvalue weighted by Gasteiger charge is -2.23. The zero-order chi connectivity index (χ0) is 13.8. The third kappa shape index (κ3) is 3.96. The lowest BCUT2D eigenvalue weighted by atomic mass is 9.96. The molecule has 2 amide bonds. The SMILES string of the molecule is Cc1cc(C)c(NC(=O)NC2CCCCC2)c(Br)c1. The van der Waals surface area contributed by atoms with Crippen molar-refractivity contribution in [3.05, 3.63) is 27.7 Å². The zero-order valence-electron chi connectivity index (χ0n) is 11.6. The van der Waals surface area contributed by atoms with E-state index < -0.39 is 0 Å². The van der Waals surface area contributed by atoms with Crippen molar-refractivity contribution in [1.29, 1.82) is 0 Å². The monoisotopic (exact) mass is 324 g/mol. The lowest BCUT2D eigenvalue weighted by Crippen LogP contribution is -2.39. The molecule has 104 valence electrons. The van der Waals surface area contributed by atoms with Gasteiger partial charge in [-0.3, -0.25) is 0 Å². The Bertz CT molecular complexity index is 444. The number of amides is 2. The topological polar surface area (TPSA) is 41.1 Å². The summed E-state index contributed by atoms with van der Waals surface area (Å²) >= 11 is 3.51. The first kappa shape index (κ1) is 14.4. The number of carbonyl (C=O) groups excluding carboxylic acids is 1. The van der Waals surface area contributed by atoms with E-state index in [0.29, 0.717) is 6.04 Å². The van der Waals surface area contributed by atoms with Gasteiger partial charge < -0.3 is 10.6 Å². The maximum Gasteiger partial charge on any atom is 0.319 e. The molecule has 0 aromatic heterocycles. The van der Waals surface area contributed by atoms with E-state index in [0.717, 1.165) is 28.6 Å². The summed E-state index contributed by atoms with van der Waals surface area (Å²) in [5.41, 5.74) is 3.12. The summed E-state index contributed by atoms with van der Waals surface area (Å²) in [6.45, 7) is 4.05. The highest BCUT2D eigenvalue weighted by Crippen LogP contribution is 2.27. The Morgan fingerprint density at radius 1 is 1.21 bits per heavy atom. The Kier molecular flexibility index (Phi) is 4.86. The predicted molar refractivity (Wildman–Crippen MR) is 82.6 cm³/mol. The summed E-state index contributed by atoms with van der Waals surface area (Å²) in [6, 6.07) is 4.32. The predicted octanol–water partition coefficient (Wildman–Crippen LogP) is 4.52. The number of hydrogen-bond acceptors (Lipinski definition) is 1. The summed E-state index contributed by atoms with van der Waals surface area (Å²) in [5, 5.41) is 6.02. The Morgan fingerprint density at radius 2 is 1.89 bits per heavy atom. The van der Waals surface area contributed by atoms with Crippen LogP contribution in [0.5, 0.6) is 0 Å². The molecule has 0 aliphatic heterocycles. The van der Waals surface area contributed by atoms with Gasteiger partial charge in [-0.25, -0.2) is 4.79 Å². The van der Waals surface area contributed by atoms with Crippen molar-refractivity contribution >= 4 is 27.6 Å². The van der Waals surface area contributed by atoms with Crippen molar-refractivity contribution in [2.45, 2.75) is 52.0 Å². The Balaban J connectivity index is 1.98. The van der Waals surface area contributed by atoms with Crippen LogP contribution in [0, 0.1) is 13.8 Å². The molecule has 2 rings (SSSR count). The number of hydrogen-bond donors (Lipinski definition) is 2. The average molecular weight is 325 g/mol. The van der Waals surface area contributed by atoms with Crippen LogP contribution in [-0.4, -0.2) is 12.1 Å². The molecule has 1 aromatic carbocycles. The maximum atomic E-state index is 12.0. The minimum absolute atomic E-state index is 0.0976. The van der Waals surface area contributed by atoms with E-state index >= 15 is 0 Å². The van der Waals surface area contributed by atoms with Gasteiger partial charge in [0.1, 0.15) is 0 Å². The Labute approximate surface area is 123 Å². The van der Waals surface area contributed by atoms with Crippen molar-refractivity contribution < 1.29 is 4.79 Å². The van der Waals surface area contributed by atoms with Crippen LogP contribution in [0.3, 0.4) is 0 Å². The summed E-state index contributed by atoms with van der Waals surface area (Å²) in [5.74, 6) is 0. The van der Waals surface area contributed by atoms with Gasteiger partial charge in [0, 0.05) is 10.5 Å². The van der Waals surface area contributed by atoms with Crippen molar-refractivity contribution in [3.63, 3.8) is 0 Å². The van der Waals surface area contributed by atoms with E-state index in [2.05, 4.69) is 32.6 Å². The van der Waals surface area contributed by atoms with Crippen LogP contribution in [0.25, 0.3) is 0 Å². The highest BCUT2D eigenvalue weighted by Gasteiger charge is 2.16. The first-order valence-electron chi connectivity index (χ1n) is 6.90. The standard InChI is InChI=1S/C15H21BrN2O/c1-10-8-11(2)14(13(16)9-10)18-15(19)17-12-6-4-3-5-7-12/h8-9,12H,3-7H2,1-2H3,(H2,17,18,19). The van der Waals surface area contributed by atoms with Crippen molar-refractivity contribution in [1.82, 2.24) is 5.32 Å². The van der Waals surface area contributed by atoms with Crippen LogP contribution in [0.15, 0.2) is 16.6 Å². The van der Waals surface area contributed by atoms with Gasteiger partial charge in [0.15, 0.2) is 0 Å². The van der Waals surface area contributed by atoms with Crippen LogP contribution in [0.2, 0.25) is 0 Å². The second kappa shape index (κ2) is 6.42. The summed E-state index contributed by atoms with van der Waals surface area (Å²) in [6.07, 6.45) is 5.93. The summed E-state index contributed by atoms with van der Waals surface area (Å²) in [7, 11) is 0. The third-order valence-electron chi connectivity index (χ3n) is 3.61. The number of benzene rings is 1. The fourth-order valence-corrected chi connectivity index (χ4v) is 3.43. The number of rotatable bonds is 2. The van der Waals surface area contributed by atoms with Gasteiger partial charge in [-0.1, -0.05) is 25.3 Å². The quantitative estimate of drug-likeness (QED) is 0.825. The van der Waals surface area contributed by atoms with E-state index in [1.165, 1.54) is 24.8 Å². The number of urea groups is 1. The van der Waals surface area contributed by atoms with Gasteiger partial charge in [-0.05, 0) is 59.8 Å². The molecule has 0 radical (unpaired) electrons. The second-order valence-electron chi connectivity index (χ2n) is 5.37.